The van der Waals surface area contributed by atoms with Crippen LogP contribution in [-0.4, -0.2) is 17.7 Å². The highest BCUT2D eigenvalue weighted by molar-refractivity contribution is 6.30. The Morgan fingerprint density at radius 2 is 1.73 bits per heavy atom. The highest BCUT2D eigenvalue weighted by atomic mass is 35.5. The Balaban J connectivity index is 1.86. The van der Waals surface area contributed by atoms with Crippen molar-refractivity contribution in [2.45, 2.75) is 32.4 Å². The third-order valence-corrected chi connectivity index (χ3v) is 4.27. The van der Waals surface area contributed by atoms with Gasteiger partial charge >= 0.3 is 18.1 Å². The molecule has 1 aliphatic heterocycles. The second kappa shape index (κ2) is 8.02. The van der Waals surface area contributed by atoms with Crippen LogP contribution < -0.4 is 4.74 Å². The summed E-state index contributed by atoms with van der Waals surface area (Å²) in [7, 11) is 0. The monoisotopic (exact) mass is 440 g/mol. The Labute approximate surface area is 175 Å². The van der Waals surface area contributed by atoms with Gasteiger partial charge in [0.25, 0.3) is 5.79 Å². The van der Waals surface area contributed by atoms with Gasteiger partial charge < -0.3 is 14.2 Å². The number of carbonyl (C=O) groups excluding carboxylic acids is 2. The lowest BCUT2D eigenvalue weighted by molar-refractivity contribution is -0.222. The van der Waals surface area contributed by atoms with E-state index in [4.69, 9.17) is 25.8 Å². The van der Waals surface area contributed by atoms with Crippen LogP contribution in [0, 0.1) is 0 Å². The maximum Gasteiger partial charge on any atom is 0.416 e. The van der Waals surface area contributed by atoms with E-state index < -0.39 is 29.5 Å². The summed E-state index contributed by atoms with van der Waals surface area (Å²) in [6, 6.07) is 9.13. The fourth-order valence-corrected chi connectivity index (χ4v) is 2.88. The zero-order chi connectivity index (χ0) is 22.1. The van der Waals surface area contributed by atoms with Crippen molar-refractivity contribution in [2.24, 2.45) is 0 Å². The second-order valence-electron chi connectivity index (χ2n) is 6.91. The molecule has 158 valence electrons. The lowest BCUT2D eigenvalue weighted by Gasteiger charge is -2.29. The second-order valence-corrected chi connectivity index (χ2v) is 7.34. The summed E-state index contributed by atoms with van der Waals surface area (Å²) in [5.41, 5.74) is -0.604. The Morgan fingerprint density at radius 3 is 2.37 bits per heavy atom. The third-order valence-electron chi connectivity index (χ3n) is 4.04. The zero-order valence-corrected chi connectivity index (χ0v) is 16.6. The molecule has 1 fully saturated rings. The van der Waals surface area contributed by atoms with Gasteiger partial charge in [-0.25, -0.2) is 9.59 Å². The number of alkyl halides is 3. The van der Waals surface area contributed by atoms with E-state index in [-0.39, 0.29) is 29.1 Å². The Hall–Kier alpha value is -3.00. The standard InChI is InChI=1S/C21H16ClF3O5/c1-20(2)29-18(26)16(19(27)30-20)10-13-9-15(22)6-7-17(13)28-11-12-4-3-5-14(8-12)21(23,24)25/h3-10H,11H2,1-2H3. The lowest BCUT2D eigenvalue weighted by Crippen LogP contribution is -2.41. The van der Waals surface area contributed by atoms with Gasteiger partial charge in [0.1, 0.15) is 17.9 Å². The molecule has 1 aliphatic rings. The van der Waals surface area contributed by atoms with Crippen LogP contribution in [0.1, 0.15) is 30.5 Å². The molecule has 30 heavy (non-hydrogen) atoms. The van der Waals surface area contributed by atoms with Gasteiger partial charge in [-0.3, -0.25) is 0 Å². The maximum absolute atomic E-state index is 12.9. The van der Waals surface area contributed by atoms with E-state index in [9.17, 15) is 22.8 Å². The van der Waals surface area contributed by atoms with Gasteiger partial charge in [-0.1, -0.05) is 23.7 Å². The van der Waals surface area contributed by atoms with Crippen LogP contribution in [0.5, 0.6) is 5.75 Å². The molecule has 1 saturated heterocycles. The van der Waals surface area contributed by atoms with Crippen LogP contribution in [0.15, 0.2) is 48.0 Å². The summed E-state index contributed by atoms with van der Waals surface area (Å²) >= 11 is 6.00. The summed E-state index contributed by atoms with van der Waals surface area (Å²) in [5.74, 6) is -2.93. The minimum atomic E-state index is -4.47. The number of esters is 2. The first-order valence-electron chi connectivity index (χ1n) is 8.71. The average molecular weight is 441 g/mol. The third kappa shape index (κ3) is 5.13. The number of ether oxygens (including phenoxy) is 3. The fraction of sp³-hybridized carbons (Fsp3) is 0.238. The highest BCUT2D eigenvalue weighted by Gasteiger charge is 2.39. The molecule has 0 aliphatic carbocycles. The molecule has 2 aromatic carbocycles. The quantitative estimate of drug-likeness (QED) is 0.373. The molecule has 0 spiro atoms. The molecular formula is C21H16ClF3O5. The normalized spacial score (nSPS) is 16.0. The van der Waals surface area contributed by atoms with E-state index in [0.717, 1.165) is 12.1 Å². The number of halogens is 4. The molecule has 0 atom stereocenters. The lowest BCUT2D eigenvalue weighted by atomic mass is 10.1. The molecule has 3 rings (SSSR count). The molecule has 0 radical (unpaired) electrons. The van der Waals surface area contributed by atoms with Crippen molar-refractivity contribution < 1.29 is 37.0 Å². The van der Waals surface area contributed by atoms with Gasteiger partial charge in [-0.05, 0) is 42.0 Å². The van der Waals surface area contributed by atoms with Crippen molar-refractivity contribution in [3.05, 3.63) is 69.8 Å². The van der Waals surface area contributed by atoms with E-state index in [1.165, 1.54) is 50.3 Å². The predicted octanol–water partition coefficient (Wildman–Crippen LogP) is 5.16. The molecule has 0 saturated carbocycles. The average Bonchev–Trinajstić information content (AvgIpc) is 2.63. The summed E-state index contributed by atoms with van der Waals surface area (Å²) < 4.78 is 54.3. The van der Waals surface area contributed by atoms with Crippen LogP contribution in [0.25, 0.3) is 6.08 Å². The predicted molar refractivity (Wildman–Crippen MR) is 101 cm³/mol. The van der Waals surface area contributed by atoms with Crippen LogP contribution in [0.2, 0.25) is 5.02 Å². The SMILES string of the molecule is CC1(C)OC(=O)C(=Cc2cc(Cl)ccc2OCc2cccc(C(F)(F)F)c2)C(=O)O1. The van der Waals surface area contributed by atoms with Crippen LogP contribution >= 0.6 is 11.6 Å². The van der Waals surface area contributed by atoms with E-state index in [1.807, 2.05) is 0 Å². The molecule has 1 heterocycles. The van der Waals surface area contributed by atoms with Gasteiger partial charge in [0.15, 0.2) is 0 Å². The molecule has 0 amide bonds. The van der Waals surface area contributed by atoms with E-state index in [2.05, 4.69) is 0 Å². The Morgan fingerprint density at radius 1 is 1.07 bits per heavy atom. The smallest absolute Gasteiger partial charge is 0.416 e. The van der Waals surface area contributed by atoms with Gasteiger partial charge in [0.05, 0.1) is 5.56 Å². The molecule has 2 aromatic rings. The molecule has 5 nitrogen and oxygen atoms in total. The van der Waals surface area contributed by atoms with Crippen molar-refractivity contribution in [3.8, 4) is 5.75 Å². The minimum Gasteiger partial charge on any atom is -0.488 e. The van der Waals surface area contributed by atoms with Gasteiger partial charge in [0.2, 0.25) is 0 Å². The van der Waals surface area contributed by atoms with Crippen molar-refractivity contribution in [3.63, 3.8) is 0 Å². The van der Waals surface area contributed by atoms with Gasteiger partial charge in [0, 0.05) is 24.4 Å². The number of hydrogen-bond acceptors (Lipinski definition) is 5. The number of carbonyl (C=O) groups is 2. The van der Waals surface area contributed by atoms with E-state index >= 15 is 0 Å². The maximum atomic E-state index is 12.9. The van der Waals surface area contributed by atoms with Crippen molar-refractivity contribution >= 4 is 29.6 Å². The highest BCUT2D eigenvalue weighted by Crippen LogP contribution is 2.31. The van der Waals surface area contributed by atoms with Crippen LogP contribution in [-0.2, 0) is 31.8 Å². The van der Waals surface area contributed by atoms with Crippen molar-refractivity contribution in [1.82, 2.24) is 0 Å². The molecule has 0 aromatic heterocycles. The summed E-state index contributed by atoms with van der Waals surface area (Å²) in [4.78, 5) is 24.3. The van der Waals surface area contributed by atoms with Crippen molar-refractivity contribution in [1.29, 1.82) is 0 Å². The number of rotatable bonds is 4. The van der Waals surface area contributed by atoms with Gasteiger partial charge in [-0.15, -0.1) is 0 Å². The largest absolute Gasteiger partial charge is 0.488 e. The van der Waals surface area contributed by atoms with Gasteiger partial charge in [-0.2, -0.15) is 13.2 Å². The fourth-order valence-electron chi connectivity index (χ4n) is 2.70. The van der Waals surface area contributed by atoms with E-state index in [0.29, 0.717) is 5.02 Å². The Bertz CT molecular complexity index is 1010. The molecular weight excluding hydrogens is 425 g/mol. The van der Waals surface area contributed by atoms with Crippen LogP contribution in [0.3, 0.4) is 0 Å². The Kier molecular flexibility index (Phi) is 5.81. The number of cyclic esters (lactones) is 2. The topological polar surface area (TPSA) is 61.8 Å². The van der Waals surface area contributed by atoms with Crippen LogP contribution in [0.4, 0.5) is 13.2 Å². The molecule has 0 unspecified atom stereocenters. The minimum absolute atomic E-state index is 0.177. The first-order valence-corrected chi connectivity index (χ1v) is 9.09. The number of benzene rings is 2. The first kappa shape index (κ1) is 21.7. The molecule has 0 bridgehead atoms. The van der Waals surface area contributed by atoms with Crippen molar-refractivity contribution in [2.75, 3.05) is 0 Å². The summed E-state index contributed by atoms with van der Waals surface area (Å²) in [6.45, 7) is 2.66. The molecule has 9 heteroatoms. The zero-order valence-electron chi connectivity index (χ0n) is 15.9. The van der Waals surface area contributed by atoms with E-state index in [1.54, 1.807) is 0 Å². The summed E-state index contributed by atoms with van der Waals surface area (Å²) in [6.07, 6.45) is -3.27. The first-order chi connectivity index (χ1) is 13.9. The molecule has 0 N–H and O–H groups in total. The number of hydrogen-bond donors (Lipinski definition) is 0. The summed E-state index contributed by atoms with van der Waals surface area (Å²) in [5, 5.41) is 0.297.